The number of carbonyl (C=O) groups excluding carboxylic acids is 1. The van der Waals surface area contributed by atoms with E-state index in [-0.39, 0.29) is 27.7 Å². The highest BCUT2D eigenvalue weighted by Crippen LogP contribution is 2.35. The van der Waals surface area contributed by atoms with Crippen LogP contribution in [0.3, 0.4) is 0 Å². The predicted octanol–water partition coefficient (Wildman–Crippen LogP) is 6.28. The molecule has 5 nitrogen and oxygen atoms in total. The molecule has 1 aromatic carbocycles. The summed E-state index contributed by atoms with van der Waals surface area (Å²) in [6.45, 7) is 5.81. The maximum atomic E-state index is 14.9. The van der Waals surface area contributed by atoms with Gasteiger partial charge in [-0.15, -0.1) is 0 Å². The fourth-order valence-electron chi connectivity index (χ4n) is 4.05. The van der Waals surface area contributed by atoms with E-state index < -0.39 is 23.9 Å². The maximum absolute atomic E-state index is 14.9. The van der Waals surface area contributed by atoms with Crippen molar-refractivity contribution in [1.29, 1.82) is 0 Å². The van der Waals surface area contributed by atoms with Gasteiger partial charge in [-0.2, -0.15) is 18.3 Å². The van der Waals surface area contributed by atoms with Crippen molar-refractivity contribution < 1.29 is 22.4 Å². The smallest absolute Gasteiger partial charge is 0.374 e. The van der Waals surface area contributed by atoms with E-state index in [4.69, 9.17) is 11.6 Å². The fourth-order valence-corrected chi connectivity index (χ4v) is 4.38. The average molecular weight is 489 g/mol. The molecule has 2 aromatic rings. The predicted molar refractivity (Wildman–Crippen MR) is 121 cm³/mol. The molecule has 0 bridgehead atoms. The van der Waals surface area contributed by atoms with E-state index in [2.05, 4.69) is 22.7 Å². The lowest BCUT2D eigenvalue weighted by atomic mass is 9.83. The van der Waals surface area contributed by atoms with Crippen molar-refractivity contribution in [3.63, 3.8) is 0 Å². The minimum Gasteiger partial charge on any atom is -0.374 e. The average Bonchev–Trinajstić information content (AvgIpc) is 3.09. The molecule has 0 saturated heterocycles. The van der Waals surface area contributed by atoms with Gasteiger partial charge in [-0.05, 0) is 56.7 Å². The third kappa shape index (κ3) is 5.99. The second-order valence-corrected chi connectivity index (χ2v) is 9.14. The Morgan fingerprint density at radius 3 is 2.52 bits per heavy atom. The van der Waals surface area contributed by atoms with Gasteiger partial charge in [0, 0.05) is 24.3 Å². The van der Waals surface area contributed by atoms with E-state index in [9.17, 15) is 22.4 Å². The molecule has 1 aliphatic rings. The number of rotatable bonds is 7. The van der Waals surface area contributed by atoms with Gasteiger partial charge in [0.25, 0.3) is 5.91 Å². The largest absolute Gasteiger partial charge is 0.408 e. The first-order valence-electron chi connectivity index (χ1n) is 11.2. The van der Waals surface area contributed by atoms with Gasteiger partial charge in [-0.25, -0.2) is 4.39 Å². The zero-order valence-electron chi connectivity index (χ0n) is 18.9. The number of alkyl halides is 3. The molecular formula is C23H29ClF4N4O. The van der Waals surface area contributed by atoms with E-state index in [0.717, 1.165) is 38.7 Å². The lowest BCUT2D eigenvalue weighted by Gasteiger charge is -2.26. The van der Waals surface area contributed by atoms with Gasteiger partial charge in [0.2, 0.25) is 0 Å². The summed E-state index contributed by atoms with van der Waals surface area (Å²) in [6, 6.07) is 1.81. The molecule has 0 spiro atoms. The lowest BCUT2D eigenvalue weighted by molar-refractivity contribution is -0.138. The standard InChI is InChI=1S/C23H29ClF4N4O/c1-4-32-21(17-10-9-16(11-18(17)25)30-14(3)23(26,27)28)19(24)20(31-32)22(33)29-12-15-7-5-13(2)6-8-15/h9-11,13-15,30H,4-8,12H2,1-3H3,(H,29,33)/t13?,14-,15?/m1/s1. The van der Waals surface area contributed by atoms with E-state index in [1.807, 2.05) is 0 Å². The molecule has 1 aromatic heterocycles. The minimum absolute atomic E-state index is 0.00462. The summed E-state index contributed by atoms with van der Waals surface area (Å²) in [5, 5.41) is 9.40. The van der Waals surface area contributed by atoms with Crippen LogP contribution in [0.25, 0.3) is 11.3 Å². The molecule has 182 valence electrons. The van der Waals surface area contributed by atoms with Crippen LogP contribution in [-0.2, 0) is 6.54 Å². The normalized spacial score (nSPS) is 19.9. The molecule has 33 heavy (non-hydrogen) atoms. The third-order valence-corrected chi connectivity index (χ3v) is 6.55. The van der Waals surface area contributed by atoms with Crippen LogP contribution in [-0.4, -0.2) is 34.5 Å². The van der Waals surface area contributed by atoms with E-state index in [1.165, 1.54) is 16.8 Å². The van der Waals surface area contributed by atoms with Crippen molar-refractivity contribution in [2.75, 3.05) is 11.9 Å². The number of aromatic nitrogens is 2. The molecule has 1 amide bonds. The Balaban J connectivity index is 1.79. The monoisotopic (exact) mass is 488 g/mol. The number of amides is 1. The number of benzene rings is 1. The molecule has 1 saturated carbocycles. The van der Waals surface area contributed by atoms with Gasteiger partial charge in [0.15, 0.2) is 5.69 Å². The Kier molecular flexibility index (Phi) is 7.92. The quantitative estimate of drug-likeness (QED) is 0.451. The zero-order valence-corrected chi connectivity index (χ0v) is 19.7. The highest BCUT2D eigenvalue weighted by Gasteiger charge is 2.36. The molecule has 0 radical (unpaired) electrons. The van der Waals surface area contributed by atoms with Gasteiger partial charge >= 0.3 is 6.18 Å². The molecule has 0 unspecified atom stereocenters. The molecule has 1 atom stereocenters. The molecule has 1 fully saturated rings. The van der Waals surface area contributed by atoms with Crippen LogP contribution in [0.5, 0.6) is 0 Å². The van der Waals surface area contributed by atoms with Crippen LogP contribution >= 0.6 is 11.6 Å². The summed E-state index contributed by atoms with van der Waals surface area (Å²) in [4.78, 5) is 12.8. The van der Waals surface area contributed by atoms with Crippen LogP contribution < -0.4 is 10.6 Å². The Hall–Kier alpha value is -2.29. The molecule has 1 aliphatic carbocycles. The molecule has 3 rings (SSSR count). The Morgan fingerprint density at radius 1 is 1.27 bits per heavy atom. The van der Waals surface area contributed by atoms with E-state index in [0.29, 0.717) is 24.9 Å². The first-order chi connectivity index (χ1) is 15.5. The number of aryl methyl sites for hydroxylation is 1. The summed E-state index contributed by atoms with van der Waals surface area (Å²) in [5.74, 6) is -0.0745. The number of hydrogen-bond acceptors (Lipinski definition) is 3. The highest BCUT2D eigenvalue weighted by atomic mass is 35.5. The van der Waals surface area contributed by atoms with Crippen LogP contribution in [0.15, 0.2) is 18.2 Å². The second-order valence-electron chi connectivity index (χ2n) is 8.77. The number of nitrogens with one attached hydrogen (secondary N) is 2. The first kappa shape index (κ1) is 25.3. The SMILES string of the molecule is CCn1nc(C(=O)NCC2CCC(C)CC2)c(Cl)c1-c1ccc(N[C@H](C)C(F)(F)F)cc1F. The topological polar surface area (TPSA) is 59.0 Å². The summed E-state index contributed by atoms with van der Waals surface area (Å²) in [6.07, 6.45) is -0.0637. The maximum Gasteiger partial charge on any atom is 0.408 e. The molecule has 2 N–H and O–H groups in total. The number of hydrogen-bond donors (Lipinski definition) is 2. The van der Waals surface area contributed by atoms with Crippen molar-refractivity contribution in [3.8, 4) is 11.3 Å². The van der Waals surface area contributed by atoms with Crippen LogP contribution in [0.1, 0.15) is 56.9 Å². The van der Waals surface area contributed by atoms with Crippen molar-refractivity contribution in [3.05, 3.63) is 34.7 Å². The third-order valence-electron chi connectivity index (χ3n) is 6.19. The number of anilines is 1. The van der Waals surface area contributed by atoms with Crippen LogP contribution in [0.2, 0.25) is 5.02 Å². The second kappa shape index (κ2) is 10.3. The number of nitrogens with zero attached hydrogens (tertiary/aromatic N) is 2. The number of halogens is 5. The van der Waals surface area contributed by atoms with Crippen molar-refractivity contribution in [1.82, 2.24) is 15.1 Å². The molecule has 0 aliphatic heterocycles. The fraction of sp³-hybridized carbons (Fsp3) is 0.565. The zero-order chi connectivity index (χ0) is 24.3. The Bertz CT molecular complexity index is 984. The number of carbonyl (C=O) groups is 1. The Morgan fingerprint density at radius 2 is 1.94 bits per heavy atom. The van der Waals surface area contributed by atoms with Crippen molar-refractivity contribution in [2.24, 2.45) is 11.8 Å². The summed E-state index contributed by atoms with van der Waals surface area (Å²) in [5.41, 5.74) is 0.258. The first-order valence-corrected chi connectivity index (χ1v) is 11.6. The van der Waals surface area contributed by atoms with Gasteiger partial charge in [0.1, 0.15) is 11.9 Å². The van der Waals surface area contributed by atoms with Gasteiger partial charge in [-0.1, -0.05) is 31.4 Å². The molecular weight excluding hydrogens is 460 g/mol. The highest BCUT2D eigenvalue weighted by molar-refractivity contribution is 6.36. The van der Waals surface area contributed by atoms with Crippen LogP contribution in [0, 0.1) is 17.7 Å². The van der Waals surface area contributed by atoms with Gasteiger partial charge in [0.05, 0.1) is 10.7 Å². The molecule has 10 heteroatoms. The Labute approximate surface area is 195 Å². The van der Waals surface area contributed by atoms with Gasteiger partial charge in [-0.3, -0.25) is 9.48 Å². The summed E-state index contributed by atoms with van der Waals surface area (Å²) >= 11 is 6.46. The lowest BCUT2D eigenvalue weighted by Crippen LogP contribution is -2.33. The van der Waals surface area contributed by atoms with Gasteiger partial charge < -0.3 is 10.6 Å². The molecule has 1 heterocycles. The van der Waals surface area contributed by atoms with E-state index >= 15 is 0 Å². The minimum atomic E-state index is -4.46. The van der Waals surface area contributed by atoms with Crippen LogP contribution in [0.4, 0.5) is 23.2 Å². The summed E-state index contributed by atoms with van der Waals surface area (Å²) < 4.78 is 54.7. The van der Waals surface area contributed by atoms with Crippen molar-refractivity contribution in [2.45, 2.75) is 65.2 Å². The van der Waals surface area contributed by atoms with Crippen molar-refractivity contribution >= 4 is 23.2 Å². The van der Waals surface area contributed by atoms with E-state index in [1.54, 1.807) is 6.92 Å². The summed E-state index contributed by atoms with van der Waals surface area (Å²) in [7, 11) is 0.